The first-order valence-electron chi connectivity index (χ1n) is 29.1. The van der Waals surface area contributed by atoms with Crippen molar-refractivity contribution in [3.05, 3.63) is 299 Å². The van der Waals surface area contributed by atoms with Gasteiger partial charge < -0.3 is 9.13 Å². The zero-order chi connectivity index (χ0) is 62.4. The molecule has 2 aliphatic carbocycles. The van der Waals surface area contributed by atoms with Crippen LogP contribution in [0.4, 0.5) is 43.9 Å². The van der Waals surface area contributed by atoms with Crippen molar-refractivity contribution < 1.29 is 43.9 Å². The Kier molecular flexibility index (Phi) is 12.8. The van der Waals surface area contributed by atoms with E-state index < -0.39 is 79.6 Å². The molecule has 90 heavy (non-hydrogen) atoms. The van der Waals surface area contributed by atoms with Crippen molar-refractivity contribution >= 4 is 43.6 Å². The maximum Gasteiger partial charge on any atom is 0.170 e. The summed E-state index contributed by atoms with van der Waals surface area (Å²) in [6.07, 6.45) is 0. The van der Waals surface area contributed by atoms with E-state index in [1.807, 2.05) is 125 Å². The minimum absolute atomic E-state index is 0.234. The van der Waals surface area contributed by atoms with Crippen LogP contribution in [0.15, 0.2) is 218 Å². The molecule has 440 valence electrons. The largest absolute Gasteiger partial charge is 0.309 e. The molecule has 2 aromatic heterocycles. The first kappa shape index (κ1) is 56.1. The molecule has 0 spiro atoms. The van der Waals surface area contributed by atoms with Gasteiger partial charge in [-0.2, -0.15) is 0 Å². The molecular formula is C78H48F10N2. The van der Waals surface area contributed by atoms with Crippen molar-refractivity contribution in [3.8, 4) is 78.1 Å². The van der Waals surface area contributed by atoms with Gasteiger partial charge in [-0.05, 0) is 152 Å². The maximum atomic E-state index is 15.8. The number of nitrogens with zero attached hydrogens (tertiary/aromatic N) is 2. The lowest BCUT2D eigenvalue weighted by molar-refractivity contribution is 0.446. The Morgan fingerprint density at radius 3 is 0.922 bits per heavy atom. The van der Waals surface area contributed by atoms with Crippen LogP contribution in [-0.4, -0.2) is 9.13 Å². The van der Waals surface area contributed by atoms with Crippen LogP contribution in [0.25, 0.3) is 122 Å². The van der Waals surface area contributed by atoms with Gasteiger partial charge in [0.2, 0.25) is 0 Å². The van der Waals surface area contributed by atoms with E-state index in [0.717, 1.165) is 99.5 Å². The van der Waals surface area contributed by atoms with Crippen molar-refractivity contribution in [3.63, 3.8) is 0 Å². The van der Waals surface area contributed by atoms with Crippen LogP contribution in [0, 0.1) is 58.2 Å². The molecule has 0 saturated carbocycles. The van der Waals surface area contributed by atoms with E-state index in [1.54, 1.807) is 24.3 Å². The van der Waals surface area contributed by atoms with Gasteiger partial charge >= 0.3 is 0 Å². The summed E-state index contributed by atoms with van der Waals surface area (Å²) in [4.78, 5) is 0. The molecule has 0 N–H and O–H groups in total. The highest BCUT2D eigenvalue weighted by molar-refractivity contribution is 6.10. The number of hydrogen-bond donors (Lipinski definition) is 0. The van der Waals surface area contributed by atoms with Crippen LogP contribution in [0.2, 0.25) is 0 Å². The highest BCUT2D eigenvalue weighted by Crippen LogP contribution is 2.53. The summed E-state index contributed by atoms with van der Waals surface area (Å²) in [5, 5.41) is 3.88. The number of fused-ring (bicyclic) bond motifs is 12. The lowest BCUT2D eigenvalue weighted by atomic mass is 9.81. The summed E-state index contributed by atoms with van der Waals surface area (Å²) in [6.45, 7) is 7.55. The molecule has 12 aromatic carbocycles. The number of halogens is 10. The lowest BCUT2D eigenvalue weighted by Gasteiger charge is -2.22. The van der Waals surface area contributed by atoms with E-state index in [1.165, 1.54) is 36.4 Å². The second kappa shape index (κ2) is 20.6. The molecule has 0 fully saturated rings. The van der Waals surface area contributed by atoms with Crippen LogP contribution < -0.4 is 0 Å². The van der Waals surface area contributed by atoms with E-state index in [2.05, 4.69) is 69.8 Å². The van der Waals surface area contributed by atoms with Gasteiger partial charge in [-0.1, -0.05) is 161 Å². The van der Waals surface area contributed by atoms with Gasteiger partial charge in [0, 0.05) is 43.7 Å². The summed E-state index contributed by atoms with van der Waals surface area (Å²) in [6, 6.07) is 66.5. The van der Waals surface area contributed by atoms with Crippen molar-refractivity contribution in [1.82, 2.24) is 9.13 Å². The fourth-order valence-corrected chi connectivity index (χ4v) is 14.0. The second-order valence-corrected chi connectivity index (χ2v) is 24.0. The summed E-state index contributed by atoms with van der Waals surface area (Å²) >= 11 is 0. The Labute approximate surface area is 509 Å². The van der Waals surface area contributed by atoms with Crippen molar-refractivity contribution in [2.24, 2.45) is 0 Å². The van der Waals surface area contributed by atoms with Crippen LogP contribution in [0.5, 0.6) is 0 Å². The number of aromatic nitrogens is 2. The summed E-state index contributed by atoms with van der Waals surface area (Å²) in [7, 11) is 0. The maximum absolute atomic E-state index is 15.8. The topological polar surface area (TPSA) is 9.86 Å². The van der Waals surface area contributed by atoms with E-state index in [0.29, 0.717) is 11.1 Å². The van der Waals surface area contributed by atoms with Gasteiger partial charge in [-0.25, -0.2) is 43.9 Å². The van der Waals surface area contributed by atoms with Crippen molar-refractivity contribution in [2.75, 3.05) is 0 Å². The lowest BCUT2D eigenvalue weighted by Crippen LogP contribution is -2.15. The predicted octanol–water partition coefficient (Wildman–Crippen LogP) is 22.2. The Morgan fingerprint density at radius 2 is 0.544 bits per heavy atom. The molecule has 12 heteroatoms. The van der Waals surface area contributed by atoms with Gasteiger partial charge in [-0.3, -0.25) is 0 Å². The van der Waals surface area contributed by atoms with Crippen molar-refractivity contribution in [2.45, 2.75) is 38.5 Å². The van der Waals surface area contributed by atoms with Gasteiger partial charge in [0.25, 0.3) is 0 Å². The summed E-state index contributed by atoms with van der Waals surface area (Å²) in [5.74, 6) is -17.2. The predicted molar refractivity (Wildman–Crippen MR) is 338 cm³/mol. The third-order valence-corrected chi connectivity index (χ3v) is 18.4. The zero-order valence-corrected chi connectivity index (χ0v) is 48.5. The normalized spacial score (nSPS) is 13.4. The van der Waals surface area contributed by atoms with E-state index in [9.17, 15) is 8.78 Å². The number of hydrogen-bond acceptors (Lipinski definition) is 0. The first-order chi connectivity index (χ1) is 43.3. The number of rotatable bonds is 6. The fraction of sp³-hybridized carbons (Fsp3) is 0.0769. The molecule has 0 saturated heterocycles. The average Bonchev–Trinajstić information content (AvgIpc) is 1.41. The first-order valence-corrected chi connectivity index (χ1v) is 29.1. The molecule has 2 aliphatic rings. The minimum Gasteiger partial charge on any atom is -0.309 e. The van der Waals surface area contributed by atoms with Crippen LogP contribution in [0.1, 0.15) is 49.9 Å². The number of para-hydroxylation sites is 2. The molecule has 0 unspecified atom stereocenters. The van der Waals surface area contributed by atoms with E-state index in [4.69, 9.17) is 0 Å². The monoisotopic (exact) mass is 1200 g/mol. The SMILES string of the molecule is CC1(C)c2ccccc2-c2ccc(-c3c(F)c(F)c(-c4c(F)c(F)c(-c5ccc6c(c5)C(C)(C)c5ccccc5-6)c(F)c4F)c(F)c3F)cc21.Fc1ccc2c(c1)c1ccccc1n2-c1ccc(-c2ccc(-n3c4ccccc4c4cc(F)ccc43)cc2)cc1. The molecule has 0 bridgehead atoms. The van der Waals surface area contributed by atoms with Gasteiger partial charge in [0.15, 0.2) is 46.5 Å². The summed E-state index contributed by atoms with van der Waals surface area (Å²) < 4.78 is 159. The molecule has 0 atom stereocenters. The summed E-state index contributed by atoms with van der Waals surface area (Å²) in [5.41, 5.74) is 6.96. The third kappa shape index (κ3) is 8.33. The van der Waals surface area contributed by atoms with Gasteiger partial charge in [-0.15, -0.1) is 0 Å². The highest BCUT2D eigenvalue weighted by Gasteiger charge is 2.40. The quantitative estimate of drug-likeness (QED) is 0.116. The van der Waals surface area contributed by atoms with Crippen molar-refractivity contribution in [1.29, 1.82) is 0 Å². The molecule has 0 aliphatic heterocycles. The Balaban J connectivity index is 0.000000154. The molecule has 16 rings (SSSR count). The van der Waals surface area contributed by atoms with Crippen LogP contribution in [-0.2, 0) is 10.8 Å². The Hall–Kier alpha value is -10.5. The average molecular weight is 1200 g/mol. The third-order valence-electron chi connectivity index (χ3n) is 18.4. The second-order valence-electron chi connectivity index (χ2n) is 24.0. The zero-order valence-electron chi connectivity index (χ0n) is 48.5. The highest BCUT2D eigenvalue weighted by atomic mass is 19.2. The Morgan fingerprint density at radius 1 is 0.244 bits per heavy atom. The van der Waals surface area contributed by atoms with E-state index in [-0.39, 0.29) is 22.8 Å². The fourth-order valence-electron chi connectivity index (χ4n) is 14.0. The van der Waals surface area contributed by atoms with Crippen LogP contribution >= 0.6 is 0 Å². The molecule has 14 aromatic rings. The number of benzene rings is 12. The smallest absolute Gasteiger partial charge is 0.170 e. The van der Waals surface area contributed by atoms with Crippen LogP contribution in [0.3, 0.4) is 0 Å². The minimum atomic E-state index is -2.21. The Bertz CT molecular complexity index is 4970. The molecular weight excluding hydrogens is 1150 g/mol. The molecule has 0 radical (unpaired) electrons. The molecule has 0 amide bonds. The van der Waals surface area contributed by atoms with Gasteiger partial charge in [0.05, 0.1) is 44.3 Å². The molecule has 2 heterocycles. The molecule has 2 nitrogen and oxygen atoms in total. The standard InChI is InChI=1S/C42H26F8.C36H22F2N2/c1-41(2)25-11-7-5-9-21(25)23-15-13-19(17-27(23)41)29-33(43)37(47)31(38(48)34(29)44)32-39(49)35(45)30(36(46)40(32)50)20-14-16-24-22-10-6-8-12-26(22)42(3,4)28(24)18-20;37-25-13-19-35-31(21-25)29-5-1-3-7-33(29)39(35)27-15-9-23(10-16-27)24-11-17-28(18-12-24)40-34-8-4-2-6-30(34)32-22-26(38)14-20-36(32)40/h5-18H,1-4H3;1-22H. The van der Waals surface area contributed by atoms with E-state index >= 15 is 35.1 Å². The van der Waals surface area contributed by atoms with Gasteiger partial charge in [0.1, 0.15) is 11.6 Å².